The van der Waals surface area contributed by atoms with Crippen LogP contribution in [0.5, 0.6) is 0 Å². The third-order valence-corrected chi connectivity index (χ3v) is 4.08. The van der Waals surface area contributed by atoms with Gasteiger partial charge in [-0.2, -0.15) is 0 Å². The molecule has 0 aliphatic heterocycles. The van der Waals surface area contributed by atoms with E-state index in [0.717, 1.165) is 12.8 Å². The molecule has 2 N–H and O–H groups in total. The van der Waals surface area contributed by atoms with Crippen molar-refractivity contribution in [3.63, 3.8) is 0 Å². The Morgan fingerprint density at radius 3 is 2.63 bits per heavy atom. The SMILES string of the molecule is O=C(O)[C@H]1CCCC[C@H]1C(=O)Nc1ccncc1Br. The second kappa shape index (κ2) is 6.14. The Balaban J connectivity index is 2.10. The third kappa shape index (κ3) is 3.32. The molecule has 1 aromatic rings. The summed E-state index contributed by atoms with van der Waals surface area (Å²) in [5.41, 5.74) is 0.620. The molecule has 1 fully saturated rings. The standard InChI is InChI=1S/C13H15BrN2O3/c14-10-7-15-6-5-11(10)16-12(17)8-3-1-2-4-9(8)13(18)19/h5-9H,1-4H2,(H,18,19)(H,15,16,17)/t8-,9+/m1/s1. The maximum Gasteiger partial charge on any atom is 0.307 e. The number of hydrogen-bond acceptors (Lipinski definition) is 3. The van der Waals surface area contributed by atoms with Gasteiger partial charge in [0.05, 0.1) is 22.0 Å². The Labute approximate surface area is 119 Å². The Morgan fingerprint density at radius 1 is 1.32 bits per heavy atom. The molecule has 1 heterocycles. The second-order valence-corrected chi connectivity index (χ2v) is 5.53. The molecule has 1 aliphatic carbocycles. The summed E-state index contributed by atoms with van der Waals surface area (Å²) in [5, 5.41) is 12.0. The van der Waals surface area contributed by atoms with E-state index in [1.165, 1.54) is 0 Å². The van der Waals surface area contributed by atoms with Gasteiger partial charge in [0, 0.05) is 12.4 Å². The summed E-state index contributed by atoms with van der Waals surface area (Å²) in [6, 6.07) is 1.68. The number of amides is 1. The van der Waals surface area contributed by atoms with E-state index in [2.05, 4.69) is 26.2 Å². The summed E-state index contributed by atoms with van der Waals surface area (Å²) in [4.78, 5) is 27.3. The number of aliphatic carboxylic acids is 1. The van der Waals surface area contributed by atoms with Crippen LogP contribution in [0.4, 0.5) is 5.69 Å². The van der Waals surface area contributed by atoms with Crippen LogP contribution in [0.15, 0.2) is 22.9 Å². The number of nitrogens with zero attached hydrogens (tertiary/aromatic N) is 1. The molecule has 0 bridgehead atoms. The lowest BCUT2D eigenvalue weighted by molar-refractivity contribution is -0.147. The number of anilines is 1. The monoisotopic (exact) mass is 326 g/mol. The van der Waals surface area contributed by atoms with Crippen molar-refractivity contribution in [1.29, 1.82) is 0 Å². The number of nitrogens with one attached hydrogen (secondary N) is 1. The number of hydrogen-bond donors (Lipinski definition) is 2. The predicted octanol–water partition coefficient (Wildman–Crippen LogP) is 2.67. The summed E-state index contributed by atoms with van der Waals surface area (Å²) in [7, 11) is 0. The summed E-state index contributed by atoms with van der Waals surface area (Å²) in [6.45, 7) is 0. The van der Waals surface area contributed by atoms with Crippen molar-refractivity contribution in [3.8, 4) is 0 Å². The number of aromatic nitrogens is 1. The van der Waals surface area contributed by atoms with E-state index in [1.54, 1.807) is 18.5 Å². The lowest BCUT2D eigenvalue weighted by Gasteiger charge is -2.27. The number of carbonyl (C=O) groups is 2. The molecule has 0 spiro atoms. The molecule has 1 saturated carbocycles. The van der Waals surface area contributed by atoms with Crippen LogP contribution in [0.2, 0.25) is 0 Å². The fourth-order valence-corrected chi connectivity index (χ4v) is 2.79. The zero-order chi connectivity index (χ0) is 13.8. The summed E-state index contributed by atoms with van der Waals surface area (Å²) in [6.07, 6.45) is 6.15. The van der Waals surface area contributed by atoms with Gasteiger partial charge in [-0.15, -0.1) is 0 Å². The van der Waals surface area contributed by atoms with Crippen LogP contribution in [-0.4, -0.2) is 22.0 Å². The molecule has 1 aromatic heterocycles. The fourth-order valence-electron chi connectivity index (χ4n) is 2.44. The average Bonchev–Trinajstić information content (AvgIpc) is 2.41. The van der Waals surface area contributed by atoms with Crippen LogP contribution < -0.4 is 5.32 Å². The molecule has 0 saturated heterocycles. The Morgan fingerprint density at radius 2 is 2.00 bits per heavy atom. The molecular weight excluding hydrogens is 312 g/mol. The van der Waals surface area contributed by atoms with Gasteiger partial charge in [0.1, 0.15) is 0 Å². The maximum absolute atomic E-state index is 12.2. The van der Waals surface area contributed by atoms with Crippen molar-refractivity contribution < 1.29 is 14.7 Å². The van der Waals surface area contributed by atoms with Crippen molar-refractivity contribution in [2.75, 3.05) is 5.32 Å². The van der Waals surface area contributed by atoms with Crippen LogP contribution in [0.25, 0.3) is 0 Å². The smallest absolute Gasteiger partial charge is 0.307 e. The van der Waals surface area contributed by atoms with Crippen LogP contribution in [0, 0.1) is 11.8 Å². The zero-order valence-electron chi connectivity index (χ0n) is 10.3. The zero-order valence-corrected chi connectivity index (χ0v) is 11.9. The molecular formula is C13H15BrN2O3. The van der Waals surface area contributed by atoms with Crippen LogP contribution >= 0.6 is 15.9 Å². The van der Waals surface area contributed by atoms with Crippen molar-refractivity contribution in [1.82, 2.24) is 4.98 Å². The summed E-state index contributed by atoms with van der Waals surface area (Å²) >= 11 is 3.30. The highest BCUT2D eigenvalue weighted by Crippen LogP contribution is 2.32. The van der Waals surface area contributed by atoms with Gasteiger partial charge in [0.25, 0.3) is 0 Å². The van der Waals surface area contributed by atoms with Gasteiger partial charge < -0.3 is 10.4 Å². The minimum absolute atomic E-state index is 0.223. The first kappa shape index (κ1) is 14.0. The van der Waals surface area contributed by atoms with Crippen LogP contribution in [-0.2, 0) is 9.59 Å². The van der Waals surface area contributed by atoms with E-state index in [0.29, 0.717) is 23.0 Å². The molecule has 5 nitrogen and oxygen atoms in total. The Kier molecular flexibility index (Phi) is 4.52. The Bertz CT molecular complexity index is 493. The summed E-state index contributed by atoms with van der Waals surface area (Å²) < 4.78 is 0.686. The highest BCUT2D eigenvalue weighted by atomic mass is 79.9. The van der Waals surface area contributed by atoms with Crippen molar-refractivity contribution in [2.24, 2.45) is 11.8 Å². The number of carboxylic acids is 1. The third-order valence-electron chi connectivity index (χ3n) is 3.45. The molecule has 6 heteroatoms. The fraction of sp³-hybridized carbons (Fsp3) is 0.462. The molecule has 2 atom stereocenters. The number of rotatable bonds is 3. The van der Waals surface area contributed by atoms with Gasteiger partial charge in [-0.25, -0.2) is 0 Å². The lowest BCUT2D eigenvalue weighted by Crippen LogP contribution is -2.36. The molecule has 1 amide bonds. The van der Waals surface area contributed by atoms with Crippen molar-refractivity contribution in [3.05, 3.63) is 22.9 Å². The predicted molar refractivity (Wildman–Crippen MR) is 73.7 cm³/mol. The summed E-state index contributed by atoms with van der Waals surface area (Å²) in [5.74, 6) is -2.13. The molecule has 19 heavy (non-hydrogen) atoms. The van der Waals surface area contributed by atoms with E-state index < -0.39 is 17.8 Å². The Hall–Kier alpha value is -1.43. The van der Waals surface area contributed by atoms with Crippen LogP contribution in [0.1, 0.15) is 25.7 Å². The molecule has 0 aromatic carbocycles. The number of carboxylic acid groups (broad SMARTS) is 1. The minimum atomic E-state index is -0.881. The minimum Gasteiger partial charge on any atom is -0.481 e. The maximum atomic E-state index is 12.2. The van der Waals surface area contributed by atoms with Gasteiger partial charge in [0.2, 0.25) is 5.91 Å². The van der Waals surface area contributed by atoms with E-state index in [-0.39, 0.29) is 5.91 Å². The van der Waals surface area contributed by atoms with Gasteiger partial charge in [-0.1, -0.05) is 12.8 Å². The van der Waals surface area contributed by atoms with E-state index in [4.69, 9.17) is 0 Å². The highest BCUT2D eigenvalue weighted by Gasteiger charge is 2.35. The topological polar surface area (TPSA) is 79.3 Å². The van der Waals surface area contributed by atoms with Gasteiger partial charge in [0.15, 0.2) is 0 Å². The highest BCUT2D eigenvalue weighted by molar-refractivity contribution is 9.10. The van der Waals surface area contributed by atoms with Gasteiger partial charge in [-0.3, -0.25) is 14.6 Å². The quantitative estimate of drug-likeness (QED) is 0.894. The lowest BCUT2D eigenvalue weighted by atomic mass is 9.78. The first-order valence-corrected chi connectivity index (χ1v) is 7.02. The first-order valence-electron chi connectivity index (χ1n) is 6.23. The number of pyridine rings is 1. The van der Waals surface area contributed by atoms with E-state index in [9.17, 15) is 14.7 Å². The largest absolute Gasteiger partial charge is 0.481 e. The van der Waals surface area contributed by atoms with E-state index in [1.807, 2.05) is 0 Å². The van der Waals surface area contributed by atoms with Crippen molar-refractivity contribution >= 4 is 33.5 Å². The second-order valence-electron chi connectivity index (χ2n) is 4.68. The average molecular weight is 327 g/mol. The molecule has 2 rings (SSSR count). The van der Waals surface area contributed by atoms with Crippen LogP contribution in [0.3, 0.4) is 0 Å². The molecule has 1 aliphatic rings. The van der Waals surface area contributed by atoms with E-state index >= 15 is 0 Å². The first-order chi connectivity index (χ1) is 9.09. The number of carbonyl (C=O) groups excluding carboxylic acids is 1. The molecule has 102 valence electrons. The normalized spacial score (nSPS) is 22.8. The molecule has 0 unspecified atom stereocenters. The van der Waals surface area contributed by atoms with Gasteiger partial charge in [-0.05, 0) is 34.8 Å². The van der Waals surface area contributed by atoms with Gasteiger partial charge >= 0.3 is 5.97 Å². The number of halogens is 1. The molecule has 0 radical (unpaired) electrons. The van der Waals surface area contributed by atoms with Crippen molar-refractivity contribution in [2.45, 2.75) is 25.7 Å².